The number of benzene rings is 1. The van der Waals surface area contributed by atoms with Gasteiger partial charge in [-0.15, -0.1) is 0 Å². The van der Waals surface area contributed by atoms with Crippen LogP contribution in [-0.2, 0) is 4.74 Å². The van der Waals surface area contributed by atoms with Crippen LogP contribution in [0.15, 0.2) is 18.2 Å². The molecule has 0 saturated carbocycles. The van der Waals surface area contributed by atoms with Gasteiger partial charge in [-0.25, -0.2) is 4.79 Å². The SMILES string of the molecule is CC(=O)c1c(C)[nH]c(C(=O)COC(=O)c2ccc3c(c2)C(=O)N(CCC(C)C)C3=O)c1C. The van der Waals surface area contributed by atoms with E-state index in [0.29, 0.717) is 35.7 Å². The first-order valence-corrected chi connectivity index (χ1v) is 10.4. The first-order chi connectivity index (χ1) is 15.0. The van der Waals surface area contributed by atoms with Gasteiger partial charge in [0.2, 0.25) is 5.78 Å². The van der Waals surface area contributed by atoms with Crippen LogP contribution in [0.5, 0.6) is 0 Å². The first-order valence-electron chi connectivity index (χ1n) is 10.4. The van der Waals surface area contributed by atoms with Gasteiger partial charge >= 0.3 is 5.97 Å². The molecule has 0 atom stereocenters. The Hall–Kier alpha value is -3.55. The number of esters is 1. The van der Waals surface area contributed by atoms with Gasteiger partial charge in [0.25, 0.3) is 11.8 Å². The summed E-state index contributed by atoms with van der Waals surface area (Å²) in [7, 11) is 0. The van der Waals surface area contributed by atoms with E-state index in [-0.39, 0.29) is 34.1 Å². The molecule has 32 heavy (non-hydrogen) atoms. The topological polar surface area (TPSA) is 114 Å². The summed E-state index contributed by atoms with van der Waals surface area (Å²) in [6, 6.07) is 4.16. The molecule has 8 nitrogen and oxygen atoms in total. The molecule has 1 aliphatic rings. The minimum atomic E-state index is -0.783. The number of carbonyl (C=O) groups excluding carboxylic acids is 5. The van der Waals surface area contributed by atoms with E-state index >= 15 is 0 Å². The highest BCUT2D eigenvalue weighted by Crippen LogP contribution is 2.25. The first kappa shape index (κ1) is 23.1. The third-order valence-electron chi connectivity index (χ3n) is 5.54. The number of imide groups is 1. The van der Waals surface area contributed by atoms with Crippen LogP contribution in [0.25, 0.3) is 0 Å². The van der Waals surface area contributed by atoms with Gasteiger partial charge in [0.1, 0.15) is 0 Å². The number of hydrogen-bond donors (Lipinski definition) is 1. The number of rotatable bonds is 8. The highest BCUT2D eigenvalue weighted by molar-refractivity contribution is 6.22. The Balaban J connectivity index is 1.71. The van der Waals surface area contributed by atoms with E-state index in [0.717, 1.165) is 0 Å². The van der Waals surface area contributed by atoms with Gasteiger partial charge < -0.3 is 9.72 Å². The highest BCUT2D eigenvalue weighted by Gasteiger charge is 2.36. The molecular weight excluding hydrogens is 412 g/mol. The van der Waals surface area contributed by atoms with Crippen molar-refractivity contribution in [2.75, 3.05) is 13.2 Å². The molecule has 0 unspecified atom stereocenters. The number of hydrogen-bond acceptors (Lipinski definition) is 6. The number of aryl methyl sites for hydroxylation is 1. The Labute approximate surface area is 185 Å². The zero-order chi connectivity index (χ0) is 23.7. The van der Waals surface area contributed by atoms with Crippen LogP contribution in [0.3, 0.4) is 0 Å². The van der Waals surface area contributed by atoms with Crippen molar-refractivity contribution in [3.05, 3.63) is 57.4 Å². The van der Waals surface area contributed by atoms with Gasteiger partial charge in [0, 0.05) is 17.8 Å². The highest BCUT2D eigenvalue weighted by atomic mass is 16.5. The smallest absolute Gasteiger partial charge is 0.338 e. The number of fused-ring (bicyclic) bond motifs is 1. The lowest BCUT2D eigenvalue weighted by molar-refractivity contribution is 0.0473. The molecule has 0 fully saturated rings. The van der Waals surface area contributed by atoms with Crippen LogP contribution >= 0.6 is 0 Å². The monoisotopic (exact) mass is 438 g/mol. The number of ketones is 2. The number of amides is 2. The van der Waals surface area contributed by atoms with E-state index in [2.05, 4.69) is 4.98 Å². The fourth-order valence-electron chi connectivity index (χ4n) is 3.85. The van der Waals surface area contributed by atoms with Crippen molar-refractivity contribution in [1.29, 1.82) is 0 Å². The Bertz CT molecular complexity index is 1140. The number of aromatic nitrogens is 1. The third kappa shape index (κ3) is 4.26. The maximum Gasteiger partial charge on any atom is 0.338 e. The van der Waals surface area contributed by atoms with E-state index in [1.807, 2.05) is 13.8 Å². The molecule has 2 aromatic rings. The van der Waals surface area contributed by atoms with Crippen molar-refractivity contribution < 1.29 is 28.7 Å². The average molecular weight is 438 g/mol. The molecule has 0 spiro atoms. The number of nitrogens with one attached hydrogen (secondary N) is 1. The summed E-state index contributed by atoms with van der Waals surface area (Å²) in [6.07, 6.45) is 0.686. The second-order valence-corrected chi connectivity index (χ2v) is 8.39. The van der Waals surface area contributed by atoms with E-state index < -0.39 is 24.3 Å². The molecular formula is C24H26N2O6. The molecule has 8 heteroatoms. The number of H-pyrrole nitrogens is 1. The van der Waals surface area contributed by atoms with Gasteiger partial charge in [0.05, 0.1) is 22.4 Å². The van der Waals surface area contributed by atoms with Crippen LogP contribution in [0.2, 0.25) is 0 Å². The maximum absolute atomic E-state index is 12.6. The van der Waals surface area contributed by atoms with Gasteiger partial charge in [-0.2, -0.15) is 0 Å². The summed E-state index contributed by atoms with van der Waals surface area (Å²) in [5, 5.41) is 0. The summed E-state index contributed by atoms with van der Waals surface area (Å²) in [6.45, 7) is 8.57. The van der Waals surface area contributed by atoms with Crippen molar-refractivity contribution in [2.45, 2.75) is 41.0 Å². The summed E-state index contributed by atoms with van der Waals surface area (Å²) in [5.41, 5.74) is 2.24. The lowest BCUT2D eigenvalue weighted by atomic mass is 10.1. The Morgan fingerprint density at radius 3 is 2.31 bits per heavy atom. The lowest BCUT2D eigenvalue weighted by Crippen LogP contribution is -2.31. The molecule has 2 heterocycles. The van der Waals surface area contributed by atoms with Crippen molar-refractivity contribution in [1.82, 2.24) is 9.88 Å². The van der Waals surface area contributed by atoms with Crippen molar-refractivity contribution in [3.8, 4) is 0 Å². The second kappa shape index (κ2) is 8.90. The quantitative estimate of drug-likeness (QED) is 0.383. The zero-order valence-corrected chi connectivity index (χ0v) is 18.8. The average Bonchev–Trinajstić information content (AvgIpc) is 3.16. The molecule has 0 saturated heterocycles. The molecule has 168 valence electrons. The van der Waals surface area contributed by atoms with Crippen LogP contribution in [0, 0.1) is 19.8 Å². The molecule has 1 aliphatic heterocycles. The maximum atomic E-state index is 12.6. The number of Topliss-reactive ketones (excluding diaryl/α,β-unsaturated/α-hetero) is 2. The number of nitrogens with zero attached hydrogens (tertiary/aromatic N) is 1. The molecule has 1 aromatic heterocycles. The summed E-state index contributed by atoms with van der Waals surface area (Å²) < 4.78 is 5.13. The van der Waals surface area contributed by atoms with E-state index in [9.17, 15) is 24.0 Å². The number of aromatic amines is 1. The number of carbonyl (C=O) groups is 5. The predicted octanol–water partition coefficient (Wildman–Crippen LogP) is 3.52. The fourth-order valence-corrected chi connectivity index (χ4v) is 3.85. The molecule has 0 bridgehead atoms. The largest absolute Gasteiger partial charge is 0.454 e. The standard InChI is InChI=1S/C24H26N2O6/c1-12(2)8-9-26-22(29)17-7-6-16(10-18(17)23(26)30)24(31)32-11-19(28)21-13(3)20(15(5)27)14(4)25-21/h6-7,10,12,25H,8-9,11H2,1-5H3. The fraction of sp³-hybridized carbons (Fsp3) is 0.375. The van der Waals surface area contributed by atoms with Gasteiger partial charge in [0.15, 0.2) is 12.4 Å². The van der Waals surface area contributed by atoms with Crippen molar-refractivity contribution in [2.24, 2.45) is 5.92 Å². The van der Waals surface area contributed by atoms with Crippen molar-refractivity contribution >= 4 is 29.4 Å². The van der Waals surface area contributed by atoms with Crippen LogP contribution < -0.4 is 0 Å². The van der Waals surface area contributed by atoms with Crippen LogP contribution in [-0.4, -0.2) is 52.4 Å². The second-order valence-electron chi connectivity index (χ2n) is 8.39. The third-order valence-corrected chi connectivity index (χ3v) is 5.54. The molecule has 3 rings (SSSR count). The number of ether oxygens (including phenoxy) is 1. The summed E-state index contributed by atoms with van der Waals surface area (Å²) in [4.78, 5) is 65.9. The predicted molar refractivity (Wildman–Crippen MR) is 116 cm³/mol. The molecule has 1 N–H and O–H groups in total. The lowest BCUT2D eigenvalue weighted by Gasteiger charge is -2.14. The van der Waals surface area contributed by atoms with E-state index in [1.54, 1.807) is 13.8 Å². The van der Waals surface area contributed by atoms with Crippen LogP contribution in [0.1, 0.15) is 90.4 Å². The molecule has 2 amide bonds. The van der Waals surface area contributed by atoms with Crippen molar-refractivity contribution in [3.63, 3.8) is 0 Å². The molecule has 0 aliphatic carbocycles. The normalized spacial score (nSPS) is 13.0. The van der Waals surface area contributed by atoms with E-state index in [4.69, 9.17) is 4.74 Å². The van der Waals surface area contributed by atoms with Gasteiger partial charge in [-0.05, 0) is 56.9 Å². The van der Waals surface area contributed by atoms with E-state index in [1.165, 1.54) is 30.0 Å². The van der Waals surface area contributed by atoms with Gasteiger partial charge in [-0.3, -0.25) is 24.1 Å². The summed E-state index contributed by atoms with van der Waals surface area (Å²) in [5.74, 6) is -1.90. The Morgan fingerprint density at radius 1 is 1.06 bits per heavy atom. The minimum Gasteiger partial charge on any atom is -0.454 e. The molecule has 1 aromatic carbocycles. The minimum absolute atomic E-state index is 0.0761. The van der Waals surface area contributed by atoms with Gasteiger partial charge in [-0.1, -0.05) is 13.8 Å². The zero-order valence-electron chi connectivity index (χ0n) is 18.8. The summed E-state index contributed by atoms with van der Waals surface area (Å²) >= 11 is 0. The molecule has 0 radical (unpaired) electrons. The Morgan fingerprint density at radius 2 is 1.72 bits per heavy atom. The Kier molecular flexibility index (Phi) is 6.43. The van der Waals surface area contributed by atoms with Crippen LogP contribution in [0.4, 0.5) is 0 Å².